The Morgan fingerprint density at radius 2 is 2.08 bits per heavy atom. The van der Waals surface area contributed by atoms with Gasteiger partial charge in [0.05, 0.1) is 5.84 Å². The molecule has 0 radical (unpaired) electrons. The zero-order valence-electron chi connectivity index (χ0n) is 8.01. The van der Waals surface area contributed by atoms with E-state index in [1.54, 1.807) is 7.05 Å². The van der Waals surface area contributed by atoms with Crippen LogP contribution in [-0.4, -0.2) is 25.0 Å². The lowest BCUT2D eigenvalue weighted by Crippen LogP contribution is -2.48. The van der Waals surface area contributed by atoms with Crippen LogP contribution in [0, 0.1) is 0 Å². The quantitative estimate of drug-likeness (QED) is 0.452. The van der Waals surface area contributed by atoms with Gasteiger partial charge in [0.1, 0.15) is 0 Å². The fourth-order valence-electron chi connectivity index (χ4n) is 1.67. The summed E-state index contributed by atoms with van der Waals surface area (Å²) in [5.74, 6) is 0.998. The Labute approximate surface area is 74.4 Å². The predicted octanol–water partition coefficient (Wildman–Crippen LogP) is 0.894. The van der Waals surface area contributed by atoms with Crippen molar-refractivity contribution in [3.05, 3.63) is 0 Å². The van der Waals surface area contributed by atoms with Gasteiger partial charge < -0.3 is 11.1 Å². The molecule has 0 amide bonds. The lowest BCUT2D eigenvalue weighted by molar-refractivity contribution is 0.360. The third-order valence-corrected chi connectivity index (χ3v) is 2.55. The van der Waals surface area contributed by atoms with E-state index in [9.17, 15) is 0 Å². The van der Waals surface area contributed by atoms with Crippen molar-refractivity contribution in [3.8, 4) is 0 Å². The molecule has 70 valence electrons. The van der Waals surface area contributed by atoms with E-state index in [1.807, 2.05) is 6.92 Å². The van der Waals surface area contributed by atoms with E-state index in [0.29, 0.717) is 12.1 Å². The van der Waals surface area contributed by atoms with Crippen LogP contribution >= 0.6 is 0 Å². The van der Waals surface area contributed by atoms with Gasteiger partial charge in [-0.2, -0.15) is 0 Å². The maximum absolute atomic E-state index is 5.96. The van der Waals surface area contributed by atoms with E-state index in [-0.39, 0.29) is 0 Å². The molecule has 0 aliphatic heterocycles. The monoisotopic (exact) mass is 169 g/mol. The van der Waals surface area contributed by atoms with Gasteiger partial charge in [0.15, 0.2) is 0 Å². The number of hydrogen-bond acceptors (Lipinski definition) is 2. The summed E-state index contributed by atoms with van der Waals surface area (Å²) >= 11 is 0. The molecule has 12 heavy (non-hydrogen) atoms. The van der Waals surface area contributed by atoms with Crippen molar-refractivity contribution in [1.29, 1.82) is 0 Å². The van der Waals surface area contributed by atoms with Crippen molar-refractivity contribution >= 4 is 5.84 Å². The summed E-state index contributed by atoms with van der Waals surface area (Å²) in [5, 5.41) is 3.34. The van der Waals surface area contributed by atoms with Gasteiger partial charge in [-0.3, -0.25) is 4.99 Å². The molecule has 1 aliphatic rings. The largest absolute Gasteiger partial charge is 0.370 e. The zero-order valence-corrected chi connectivity index (χ0v) is 8.01. The predicted molar refractivity (Wildman–Crippen MR) is 52.4 cm³/mol. The highest BCUT2D eigenvalue weighted by molar-refractivity contribution is 5.79. The average Bonchev–Trinajstić information content (AvgIpc) is 2.09. The Morgan fingerprint density at radius 3 is 2.67 bits per heavy atom. The molecule has 3 N–H and O–H groups in total. The second-order valence-electron chi connectivity index (χ2n) is 3.51. The van der Waals surface area contributed by atoms with E-state index in [4.69, 9.17) is 5.73 Å². The highest BCUT2D eigenvalue weighted by atomic mass is 15.0. The van der Waals surface area contributed by atoms with E-state index in [1.165, 1.54) is 19.3 Å². The summed E-state index contributed by atoms with van der Waals surface area (Å²) < 4.78 is 0. The summed E-state index contributed by atoms with van der Waals surface area (Å²) in [6.45, 7) is 1.99. The molecule has 1 fully saturated rings. The van der Waals surface area contributed by atoms with Crippen molar-refractivity contribution in [2.75, 3.05) is 7.05 Å². The van der Waals surface area contributed by atoms with Crippen LogP contribution in [0.15, 0.2) is 4.99 Å². The highest BCUT2D eigenvalue weighted by Crippen LogP contribution is 2.16. The molecule has 0 aromatic carbocycles. The SMILES string of the molecule is CN=C(C)N[C@@H]1CCCC[C@@H]1N. The first-order valence-corrected chi connectivity index (χ1v) is 4.69. The first-order valence-electron chi connectivity index (χ1n) is 4.69. The standard InChI is InChI=1S/C9H19N3/c1-7(11-2)12-9-6-4-3-5-8(9)10/h8-9H,3-6,10H2,1-2H3,(H,11,12)/t8-,9+/m0/s1. The summed E-state index contributed by atoms with van der Waals surface area (Å²) in [7, 11) is 1.80. The molecular weight excluding hydrogens is 150 g/mol. The van der Waals surface area contributed by atoms with E-state index in [0.717, 1.165) is 12.3 Å². The summed E-state index contributed by atoms with van der Waals surface area (Å²) in [6, 6.07) is 0.762. The van der Waals surface area contributed by atoms with Gasteiger partial charge in [-0.15, -0.1) is 0 Å². The molecule has 3 nitrogen and oxygen atoms in total. The minimum atomic E-state index is 0.315. The average molecular weight is 169 g/mol. The highest BCUT2D eigenvalue weighted by Gasteiger charge is 2.21. The molecule has 0 bridgehead atoms. The van der Waals surface area contributed by atoms with Crippen molar-refractivity contribution in [2.24, 2.45) is 10.7 Å². The van der Waals surface area contributed by atoms with Gasteiger partial charge in [0.25, 0.3) is 0 Å². The minimum absolute atomic E-state index is 0.315. The molecule has 1 aliphatic carbocycles. The molecule has 0 unspecified atom stereocenters. The molecule has 1 saturated carbocycles. The van der Waals surface area contributed by atoms with Gasteiger partial charge in [-0.05, 0) is 19.8 Å². The van der Waals surface area contributed by atoms with E-state index in [2.05, 4.69) is 10.3 Å². The second-order valence-corrected chi connectivity index (χ2v) is 3.51. The lowest BCUT2D eigenvalue weighted by atomic mass is 9.91. The zero-order chi connectivity index (χ0) is 8.97. The fraction of sp³-hybridized carbons (Fsp3) is 0.889. The number of amidine groups is 1. The molecule has 3 heteroatoms. The number of rotatable bonds is 1. The number of hydrogen-bond donors (Lipinski definition) is 2. The minimum Gasteiger partial charge on any atom is -0.370 e. The number of nitrogens with two attached hydrogens (primary N) is 1. The van der Waals surface area contributed by atoms with Crippen LogP contribution in [-0.2, 0) is 0 Å². The van der Waals surface area contributed by atoms with Crippen LogP contribution < -0.4 is 11.1 Å². The molecule has 0 aromatic rings. The van der Waals surface area contributed by atoms with Crippen molar-refractivity contribution in [1.82, 2.24) is 5.32 Å². The van der Waals surface area contributed by atoms with Crippen LogP contribution in [0.25, 0.3) is 0 Å². The first kappa shape index (κ1) is 9.52. The molecule has 2 atom stereocenters. The number of aliphatic imine (C=N–C) groups is 1. The summed E-state index contributed by atoms with van der Waals surface area (Å²) in [4.78, 5) is 4.07. The van der Waals surface area contributed by atoms with Gasteiger partial charge in [0.2, 0.25) is 0 Å². The Hall–Kier alpha value is -0.570. The number of nitrogens with zero attached hydrogens (tertiary/aromatic N) is 1. The van der Waals surface area contributed by atoms with Crippen molar-refractivity contribution < 1.29 is 0 Å². The van der Waals surface area contributed by atoms with Crippen LogP contribution in [0.2, 0.25) is 0 Å². The molecule has 0 heterocycles. The number of nitrogens with one attached hydrogen (secondary N) is 1. The fourth-order valence-corrected chi connectivity index (χ4v) is 1.67. The summed E-state index contributed by atoms with van der Waals surface area (Å²) in [5.41, 5.74) is 5.96. The molecule has 0 saturated heterocycles. The summed E-state index contributed by atoms with van der Waals surface area (Å²) in [6.07, 6.45) is 4.91. The topological polar surface area (TPSA) is 50.4 Å². The lowest BCUT2D eigenvalue weighted by Gasteiger charge is -2.29. The molecule has 0 spiro atoms. The Morgan fingerprint density at radius 1 is 1.42 bits per heavy atom. The van der Waals surface area contributed by atoms with E-state index >= 15 is 0 Å². The van der Waals surface area contributed by atoms with E-state index < -0.39 is 0 Å². The molecular formula is C9H19N3. The van der Waals surface area contributed by atoms with Crippen LogP contribution in [0.4, 0.5) is 0 Å². The molecule has 1 rings (SSSR count). The van der Waals surface area contributed by atoms with Gasteiger partial charge in [-0.1, -0.05) is 12.8 Å². The van der Waals surface area contributed by atoms with Gasteiger partial charge in [0, 0.05) is 19.1 Å². The Bertz CT molecular complexity index is 165. The van der Waals surface area contributed by atoms with Crippen LogP contribution in [0.5, 0.6) is 0 Å². The first-order chi connectivity index (χ1) is 5.74. The Balaban J connectivity index is 2.39. The van der Waals surface area contributed by atoms with Crippen molar-refractivity contribution in [3.63, 3.8) is 0 Å². The third-order valence-electron chi connectivity index (χ3n) is 2.55. The van der Waals surface area contributed by atoms with Crippen molar-refractivity contribution in [2.45, 2.75) is 44.7 Å². The second kappa shape index (κ2) is 4.45. The van der Waals surface area contributed by atoms with Crippen LogP contribution in [0.1, 0.15) is 32.6 Å². The normalized spacial score (nSPS) is 31.8. The third kappa shape index (κ3) is 2.48. The smallest absolute Gasteiger partial charge is 0.0930 e. The molecule has 0 aromatic heterocycles. The van der Waals surface area contributed by atoms with Crippen LogP contribution in [0.3, 0.4) is 0 Å². The maximum atomic E-state index is 5.96. The maximum Gasteiger partial charge on any atom is 0.0930 e. The van der Waals surface area contributed by atoms with Gasteiger partial charge in [-0.25, -0.2) is 0 Å². The van der Waals surface area contributed by atoms with Gasteiger partial charge >= 0.3 is 0 Å². The Kier molecular flexibility index (Phi) is 3.53.